The van der Waals surface area contributed by atoms with Crippen molar-refractivity contribution in [3.63, 3.8) is 0 Å². The standard InChI is InChI=1S/C15H19N5O5/c1-2-25-11(21)5-7-17-14(23)18-8-9-20-13(22)10-4-3-6-16-12(10)19-15(20)24/h3-4,6H,2,5,7-9H2,1H3,(H,16,19,24)(H2,17,18,23). The van der Waals surface area contributed by atoms with Crippen LogP contribution in [0.4, 0.5) is 4.79 Å². The van der Waals surface area contributed by atoms with Gasteiger partial charge in [-0.2, -0.15) is 0 Å². The number of hydrogen-bond donors (Lipinski definition) is 3. The predicted octanol–water partition coefficient (Wildman–Crippen LogP) is -0.663. The van der Waals surface area contributed by atoms with E-state index in [1.165, 1.54) is 6.20 Å². The quantitative estimate of drug-likeness (QED) is 0.568. The molecule has 10 heteroatoms. The number of aromatic amines is 1. The van der Waals surface area contributed by atoms with Crippen LogP contribution in [0.1, 0.15) is 13.3 Å². The van der Waals surface area contributed by atoms with E-state index in [0.717, 1.165) is 4.57 Å². The first-order valence-corrected chi connectivity index (χ1v) is 7.78. The number of fused-ring (bicyclic) bond motifs is 1. The zero-order chi connectivity index (χ0) is 18.2. The van der Waals surface area contributed by atoms with Crippen LogP contribution < -0.4 is 21.9 Å². The molecule has 0 radical (unpaired) electrons. The molecule has 0 atom stereocenters. The van der Waals surface area contributed by atoms with Gasteiger partial charge in [0.15, 0.2) is 0 Å². The fourth-order valence-corrected chi connectivity index (χ4v) is 2.14. The van der Waals surface area contributed by atoms with Gasteiger partial charge in [-0.1, -0.05) is 0 Å². The van der Waals surface area contributed by atoms with Gasteiger partial charge >= 0.3 is 17.7 Å². The van der Waals surface area contributed by atoms with Crippen molar-refractivity contribution in [2.45, 2.75) is 19.9 Å². The normalized spacial score (nSPS) is 10.4. The molecule has 0 aliphatic carbocycles. The van der Waals surface area contributed by atoms with Crippen molar-refractivity contribution in [2.75, 3.05) is 19.7 Å². The topological polar surface area (TPSA) is 135 Å². The number of ether oxygens (including phenoxy) is 1. The van der Waals surface area contributed by atoms with Crippen molar-refractivity contribution >= 4 is 23.0 Å². The molecule has 10 nitrogen and oxygen atoms in total. The Hall–Kier alpha value is -3.17. The lowest BCUT2D eigenvalue weighted by molar-refractivity contribution is -0.142. The van der Waals surface area contributed by atoms with Crippen LogP contribution >= 0.6 is 0 Å². The Bertz CT molecular complexity index is 872. The van der Waals surface area contributed by atoms with Crippen molar-refractivity contribution in [1.29, 1.82) is 0 Å². The highest BCUT2D eigenvalue weighted by Crippen LogP contribution is 1.98. The SMILES string of the molecule is CCOC(=O)CCNC(=O)NCCn1c(=O)[nH]c2ncccc2c1=O. The molecular weight excluding hydrogens is 330 g/mol. The number of amides is 2. The molecule has 25 heavy (non-hydrogen) atoms. The number of aromatic nitrogens is 3. The van der Waals surface area contributed by atoms with Crippen LogP contribution in [0.3, 0.4) is 0 Å². The van der Waals surface area contributed by atoms with E-state index in [9.17, 15) is 19.2 Å². The van der Waals surface area contributed by atoms with E-state index in [1.54, 1.807) is 19.1 Å². The lowest BCUT2D eigenvalue weighted by Crippen LogP contribution is -2.42. The Balaban J connectivity index is 1.87. The third-order valence-electron chi connectivity index (χ3n) is 3.29. The summed E-state index contributed by atoms with van der Waals surface area (Å²) in [6.07, 6.45) is 1.54. The second-order valence-corrected chi connectivity index (χ2v) is 5.02. The molecule has 2 aromatic rings. The van der Waals surface area contributed by atoms with Gasteiger partial charge in [0.1, 0.15) is 5.65 Å². The molecule has 0 saturated heterocycles. The van der Waals surface area contributed by atoms with Gasteiger partial charge in [-0.25, -0.2) is 14.6 Å². The number of rotatable bonds is 7. The van der Waals surface area contributed by atoms with Crippen LogP contribution in [0.2, 0.25) is 0 Å². The van der Waals surface area contributed by atoms with Crippen LogP contribution in [0.15, 0.2) is 27.9 Å². The maximum Gasteiger partial charge on any atom is 0.330 e. The summed E-state index contributed by atoms with van der Waals surface area (Å²) in [7, 11) is 0. The molecule has 0 fully saturated rings. The number of hydrogen-bond acceptors (Lipinski definition) is 6. The molecule has 3 N–H and O–H groups in total. The average Bonchev–Trinajstić information content (AvgIpc) is 2.58. The largest absolute Gasteiger partial charge is 0.466 e. The molecular formula is C15H19N5O5. The Morgan fingerprint density at radius 1 is 1.28 bits per heavy atom. The molecule has 0 bridgehead atoms. The van der Waals surface area contributed by atoms with Crippen molar-refractivity contribution in [3.05, 3.63) is 39.2 Å². The van der Waals surface area contributed by atoms with E-state index in [0.29, 0.717) is 5.39 Å². The van der Waals surface area contributed by atoms with Crippen molar-refractivity contribution in [1.82, 2.24) is 25.2 Å². The summed E-state index contributed by atoms with van der Waals surface area (Å²) >= 11 is 0. The van der Waals surface area contributed by atoms with Crippen LogP contribution in [-0.2, 0) is 16.1 Å². The highest BCUT2D eigenvalue weighted by Gasteiger charge is 2.08. The van der Waals surface area contributed by atoms with Crippen LogP contribution in [0.25, 0.3) is 11.0 Å². The number of pyridine rings is 1. The Labute approximate surface area is 142 Å². The zero-order valence-electron chi connectivity index (χ0n) is 13.7. The number of esters is 1. The number of carbonyl (C=O) groups excluding carboxylic acids is 2. The second-order valence-electron chi connectivity index (χ2n) is 5.02. The van der Waals surface area contributed by atoms with Crippen LogP contribution in [-0.4, -0.2) is 46.2 Å². The van der Waals surface area contributed by atoms with Crippen molar-refractivity contribution in [2.24, 2.45) is 0 Å². The molecule has 0 unspecified atom stereocenters. The predicted molar refractivity (Wildman–Crippen MR) is 89.3 cm³/mol. The lowest BCUT2D eigenvalue weighted by atomic mass is 10.3. The minimum Gasteiger partial charge on any atom is -0.466 e. The summed E-state index contributed by atoms with van der Waals surface area (Å²) in [4.78, 5) is 53.4. The summed E-state index contributed by atoms with van der Waals surface area (Å²) in [6, 6.07) is 2.66. The highest BCUT2D eigenvalue weighted by atomic mass is 16.5. The van der Waals surface area contributed by atoms with Gasteiger partial charge in [-0.05, 0) is 19.1 Å². The summed E-state index contributed by atoms with van der Waals surface area (Å²) in [5.74, 6) is -0.398. The van der Waals surface area contributed by atoms with Crippen LogP contribution in [0, 0.1) is 0 Å². The van der Waals surface area contributed by atoms with E-state index in [2.05, 4.69) is 20.6 Å². The Morgan fingerprint density at radius 2 is 2.04 bits per heavy atom. The lowest BCUT2D eigenvalue weighted by Gasteiger charge is -2.09. The van der Waals surface area contributed by atoms with E-state index in [-0.39, 0.29) is 38.3 Å². The molecule has 0 saturated carbocycles. The molecule has 2 amide bonds. The number of nitrogens with one attached hydrogen (secondary N) is 3. The summed E-state index contributed by atoms with van der Waals surface area (Å²) < 4.78 is 5.72. The minimum atomic E-state index is -0.597. The molecule has 0 spiro atoms. The van der Waals surface area contributed by atoms with Gasteiger partial charge in [0.05, 0.1) is 18.4 Å². The third-order valence-corrected chi connectivity index (χ3v) is 3.29. The zero-order valence-corrected chi connectivity index (χ0v) is 13.7. The van der Waals surface area contributed by atoms with Crippen LogP contribution in [0.5, 0.6) is 0 Å². The fourth-order valence-electron chi connectivity index (χ4n) is 2.14. The van der Waals surface area contributed by atoms with E-state index >= 15 is 0 Å². The molecule has 2 rings (SSSR count). The Morgan fingerprint density at radius 3 is 2.80 bits per heavy atom. The first-order chi connectivity index (χ1) is 12.0. The van der Waals surface area contributed by atoms with E-state index < -0.39 is 23.2 Å². The van der Waals surface area contributed by atoms with Crippen molar-refractivity contribution in [3.8, 4) is 0 Å². The fraction of sp³-hybridized carbons (Fsp3) is 0.400. The maximum atomic E-state index is 12.3. The van der Waals surface area contributed by atoms with E-state index in [1.807, 2.05) is 0 Å². The summed E-state index contributed by atoms with van der Waals surface area (Å²) in [5.41, 5.74) is -0.851. The summed E-state index contributed by atoms with van der Waals surface area (Å²) in [6.45, 7) is 2.19. The van der Waals surface area contributed by atoms with Gasteiger partial charge in [-0.15, -0.1) is 0 Å². The Kier molecular flexibility index (Phi) is 6.26. The van der Waals surface area contributed by atoms with Gasteiger partial charge in [0.25, 0.3) is 5.56 Å². The van der Waals surface area contributed by atoms with Crippen molar-refractivity contribution < 1.29 is 14.3 Å². The smallest absolute Gasteiger partial charge is 0.330 e. The second kappa shape index (κ2) is 8.62. The molecule has 0 aromatic carbocycles. The molecule has 2 aromatic heterocycles. The van der Waals surface area contributed by atoms with Gasteiger partial charge in [0, 0.05) is 25.8 Å². The molecule has 2 heterocycles. The molecule has 0 aliphatic rings. The first kappa shape index (κ1) is 18.2. The summed E-state index contributed by atoms with van der Waals surface area (Å²) in [5, 5.41) is 5.28. The maximum absolute atomic E-state index is 12.3. The van der Waals surface area contributed by atoms with Gasteiger partial charge in [0.2, 0.25) is 0 Å². The number of H-pyrrole nitrogens is 1. The van der Waals surface area contributed by atoms with E-state index in [4.69, 9.17) is 4.74 Å². The van der Waals surface area contributed by atoms with Gasteiger partial charge < -0.3 is 15.4 Å². The number of nitrogens with zero attached hydrogens (tertiary/aromatic N) is 2. The monoisotopic (exact) mass is 349 g/mol. The van der Waals surface area contributed by atoms with Gasteiger partial charge in [-0.3, -0.25) is 19.1 Å². The first-order valence-electron chi connectivity index (χ1n) is 7.78. The minimum absolute atomic E-state index is 0.00426. The number of urea groups is 1. The molecule has 0 aliphatic heterocycles. The third kappa shape index (κ3) is 4.90. The number of carbonyl (C=O) groups is 2. The molecule has 134 valence electrons. The average molecular weight is 349 g/mol. The highest BCUT2D eigenvalue weighted by molar-refractivity contribution is 5.75.